The zero-order valence-corrected chi connectivity index (χ0v) is 16.6. The van der Waals surface area contributed by atoms with Gasteiger partial charge in [0.15, 0.2) is 0 Å². The number of amides is 1. The molecule has 1 amide bonds. The molecule has 1 heterocycles. The summed E-state index contributed by atoms with van der Waals surface area (Å²) in [6, 6.07) is 15.7. The second-order valence-electron chi connectivity index (χ2n) is 6.63. The molecule has 4 rings (SSSR count). The van der Waals surface area contributed by atoms with E-state index in [0.29, 0.717) is 11.1 Å². The van der Waals surface area contributed by atoms with Gasteiger partial charge >= 0.3 is 5.97 Å². The molecule has 0 saturated heterocycles. The number of hydrogen-bond acceptors (Lipinski definition) is 5. The van der Waals surface area contributed by atoms with Gasteiger partial charge in [-0.15, -0.1) is 0 Å². The summed E-state index contributed by atoms with van der Waals surface area (Å²) in [6.07, 6.45) is 0. The quantitative estimate of drug-likeness (QED) is 0.667. The second kappa shape index (κ2) is 6.89. The Labute approximate surface area is 167 Å². The minimum Gasteiger partial charge on any atom is -0.465 e. The predicted octanol–water partition coefficient (Wildman–Crippen LogP) is 3.16. The van der Waals surface area contributed by atoms with E-state index in [9.17, 15) is 18.0 Å². The van der Waals surface area contributed by atoms with E-state index < -0.39 is 27.9 Å². The molecular formula is C21H18N2O5S. The highest BCUT2D eigenvalue weighted by Crippen LogP contribution is 2.43. The smallest absolute Gasteiger partial charge is 0.339 e. The molecule has 3 aromatic rings. The molecule has 8 heteroatoms. The van der Waals surface area contributed by atoms with E-state index in [0.717, 1.165) is 9.69 Å². The maximum atomic E-state index is 13.2. The number of sulfonamides is 1. The van der Waals surface area contributed by atoms with Crippen molar-refractivity contribution in [3.63, 3.8) is 0 Å². The van der Waals surface area contributed by atoms with Crippen molar-refractivity contribution in [3.05, 3.63) is 66.2 Å². The van der Waals surface area contributed by atoms with Gasteiger partial charge in [0.1, 0.15) is 6.04 Å². The van der Waals surface area contributed by atoms with Crippen LogP contribution in [0.5, 0.6) is 0 Å². The number of anilines is 2. The van der Waals surface area contributed by atoms with E-state index in [2.05, 4.69) is 5.32 Å². The van der Waals surface area contributed by atoms with Crippen molar-refractivity contribution in [2.75, 3.05) is 16.7 Å². The molecule has 0 aromatic heterocycles. The van der Waals surface area contributed by atoms with Crippen LogP contribution in [0.2, 0.25) is 0 Å². The number of nitrogens with zero attached hydrogens (tertiary/aromatic N) is 1. The fourth-order valence-corrected chi connectivity index (χ4v) is 5.43. The van der Waals surface area contributed by atoms with Gasteiger partial charge < -0.3 is 10.1 Å². The number of carbonyl (C=O) groups excluding carboxylic acids is 2. The van der Waals surface area contributed by atoms with Crippen LogP contribution in [-0.2, 0) is 19.6 Å². The summed E-state index contributed by atoms with van der Waals surface area (Å²) in [4.78, 5) is 25.1. The third-order valence-electron chi connectivity index (χ3n) is 4.94. The van der Waals surface area contributed by atoms with Gasteiger partial charge in [0.05, 0.1) is 28.9 Å². The molecule has 1 atom stereocenters. The van der Waals surface area contributed by atoms with Gasteiger partial charge in [-0.05, 0) is 36.6 Å². The van der Waals surface area contributed by atoms with Crippen molar-refractivity contribution in [1.29, 1.82) is 0 Å². The van der Waals surface area contributed by atoms with Crippen LogP contribution in [0.25, 0.3) is 10.8 Å². The third-order valence-corrected chi connectivity index (χ3v) is 6.87. The lowest BCUT2D eigenvalue weighted by molar-refractivity contribution is -0.116. The van der Waals surface area contributed by atoms with Crippen molar-refractivity contribution < 1.29 is 22.7 Å². The highest BCUT2D eigenvalue weighted by molar-refractivity contribution is 7.93. The highest BCUT2D eigenvalue weighted by atomic mass is 32.2. The van der Waals surface area contributed by atoms with E-state index >= 15 is 0 Å². The number of rotatable bonds is 4. The van der Waals surface area contributed by atoms with Crippen LogP contribution in [0.4, 0.5) is 11.4 Å². The van der Waals surface area contributed by atoms with Gasteiger partial charge in [-0.2, -0.15) is 0 Å². The largest absolute Gasteiger partial charge is 0.465 e. The zero-order valence-electron chi connectivity index (χ0n) is 15.7. The van der Waals surface area contributed by atoms with Crippen molar-refractivity contribution >= 4 is 44.0 Å². The first kappa shape index (κ1) is 18.9. The number of ether oxygens (including phenoxy) is 1. The standard InChI is InChI=1S/C21H18N2O5S/c1-13(20(24)22-16-10-4-3-9-15(16)21(25)28-2)23-17-11-5-7-14-8-6-12-18(19(14)17)29(23,26)27/h3-13H,1-2H3,(H,22,24)/t13-/m1/s1. The molecule has 1 aliphatic heterocycles. The van der Waals surface area contributed by atoms with E-state index in [1.807, 2.05) is 12.1 Å². The molecule has 3 aromatic carbocycles. The minimum atomic E-state index is -3.89. The van der Waals surface area contributed by atoms with E-state index in [4.69, 9.17) is 4.74 Å². The molecule has 1 N–H and O–H groups in total. The summed E-state index contributed by atoms with van der Waals surface area (Å²) in [5.41, 5.74) is 0.899. The molecule has 0 unspecified atom stereocenters. The summed E-state index contributed by atoms with van der Waals surface area (Å²) in [7, 11) is -2.64. The van der Waals surface area contributed by atoms with Crippen LogP contribution in [0.1, 0.15) is 17.3 Å². The zero-order chi connectivity index (χ0) is 20.8. The van der Waals surface area contributed by atoms with Gasteiger partial charge in [-0.1, -0.05) is 36.4 Å². The van der Waals surface area contributed by atoms with Gasteiger partial charge in [0.2, 0.25) is 5.91 Å². The Kier molecular flexibility index (Phi) is 4.50. The fraction of sp³-hybridized carbons (Fsp3) is 0.143. The third kappa shape index (κ3) is 2.92. The molecule has 0 spiro atoms. The fourth-order valence-electron chi connectivity index (χ4n) is 3.56. The summed E-state index contributed by atoms with van der Waals surface area (Å²) in [5, 5.41) is 4.04. The normalized spacial score (nSPS) is 15.2. The molecule has 1 aliphatic rings. The first-order chi connectivity index (χ1) is 13.9. The van der Waals surface area contributed by atoms with Gasteiger partial charge in [0.25, 0.3) is 10.0 Å². The van der Waals surface area contributed by atoms with Crippen LogP contribution in [-0.4, -0.2) is 33.4 Å². The first-order valence-corrected chi connectivity index (χ1v) is 10.3. The van der Waals surface area contributed by atoms with Gasteiger partial charge in [-0.25, -0.2) is 13.2 Å². The van der Waals surface area contributed by atoms with Crippen LogP contribution in [0.15, 0.2) is 65.6 Å². The average molecular weight is 410 g/mol. The van der Waals surface area contributed by atoms with Crippen LogP contribution >= 0.6 is 0 Å². The maximum absolute atomic E-state index is 13.2. The Morgan fingerprint density at radius 1 is 1.00 bits per heavy atom. The Hall–Kier alpha value is -3.39. The first-order valence-electron chi connectivity index (χ1n) is 8.90. The molecule has 0 bridgehead atoms. The lowest BCUT2D eigenvalue weighted by Gasteiger charge is -2.25. The number of carbonyl (C=O) groups is 2. The van der Waals surface area contributed by atoms with Crippen molar-refractivity contribution in [3.8, 4) is 0 Å². The van der Waals surface area contributed by atoms with Crippen molar-refractivity contribution in [2.45, 2.75) is 17.9 Å². The van der Waals surface area contributed by atoms with Crippen molar-refractivity contribution in [2.24, 2.45) is 0 Å². The summed E-state index contributed by atoms with van der Waals surface area (Å²) in [5.74, 6) is -1.16. The Bertz CT molecular complexity index is 1250. The summed E-state index contributed by atoms with van der Waals surface area (Å²) < 4.78 is 32.2. The molecule has 7 nitrogen and oxygen atoms in total. The SMILES string of the molecule is COC(=O)c1ccccc1NC(=O)[C@@H](C)N1c2cccc3cccc(c23)S1(=O)=O. The minimum absolute atomic E-state index is 0.181. The number of esters is 1. The molecule has 0 radical (unpaired) electrons. The molecule has 0 aliphatic carbocycles. The number of benzene rings is 3. The van der Waals surface area contributed by atoms with Gasteiger partial charge in [0, 0.05) is 5.39 Å². The summed E-state index contributed by atoms with van der Waals surface area (Å²) in [6.45, 7) is 1.51. The number of methoxy groups -OCH3 is 1. The van der Waals surface area contributed by atoms with E-state index in [1.54, 1.807) is 42.5 Å². The maximum Gasteiger partial charge on any atom is 0.339 e. The Morgan fingerprint density at radius 2 is 1.69 bits per heavy atom. The van der Waals surface area contributed by atoms with E-state index in [1.165, 1.54) is 20.1 Å². The number of hydrogen-bond donors (Lipinski definition) is 1. The monoisotopic (exact) mass is 410 g/mol. The Balaban J connectivity index is 1.71. The molecule has 29 heavy (non-hydrogen) atoms. The lowest BCUT2D eigenvalue weighted by Crippen LogP contribution is -2.44. The van der Waals surface area contributed by atoms with Crippen LogP contribution in [0, 0.1) is 0 Å². The highest BCUT2D eigenvalue weighted by Gasteiger charge is 2.41. The Morgan fingerprint density at radius 3 is 2.41 bits per heavy atom. The molecular weight excluding hydrogens is 392 g/mol. The van der Waals surface area contributed by atoms with Crippen LogP contribution < -0.4 is 9.62 Å². The van der Waals surface area contributed by atoms with Crippen molar-refractivity contribution in [1.82, 2.24) is 0 Å². The molecule has 148 valence electrons. The van der Waals surface area contributed by atoms with E-state index in [-0.39, 0.29) is 16.1 Å². The predicted molar refractivity (Wildman–Crippen MR) is 109 cm³/mol. The average Bonchev–Trinajstić information content (AvgIpc) is 2.96. The van der Waals surface area contributed by atoms with Gasteiger partial charge in [-0.3, -0.25) is 9.10 Å². The number of nitrogens with one attached hydrogen (secondary N) is 1. The lowest BCUT2D eigenvalue weighted by atomic mass is 10.1. The second-order valence-corrected chi connectivity index (χ2v) is 8.42. The number of para-hydroxylation sites is 1. The summed E-state index contributed by atoms with van der Waals surface area (Å²) >= 11 is 0. The molecule has 0 fully saturated rings. The molecule has 0 saturated carbocycles. The topological polar surface area (TPSA) is 92.8 Å². The van der Waals surface area contributed by atoms with Crippen LogP contribution in [0.3, 0.4) is 0 Å².